The van der Waals surface area contributed by atoms with Crippen molar-refractivity contribution in [2.24, 2.45) is 0 Å². The van der Waals surface area contributed by atoms with E-state index < -0.39 is 23.5 Å². The first kappa shape index (κ1) is 21.7. The molecule has 4 N–H and O–H groups in total. The molecule has 2 aromatic carbocycles. The van der Waals surface area contributed by atoms with Crippen LogP contribution >= 0.6 is 35.8 Å². The number of anilines is 2. The minimum atomic E-state index is -4.63. The molecule has 0 spiro atoms. The highest BCUT2D eigenvalue weighted by Gasteiger charge is 2.32. The molecule has 3 rings (SSSR count). The van der Waals surface area contributed by atoms with E-state index in [9.17, 15) is 28.2 Å². The minimum Gasteiger partial charge on any atom is -0.506 e. The number of carboxylic acid groups (broad SMARTS) is 1. The minimum absolute atomic E-state index is 0.0630. The Balaban J connectivity index is 2.22. The maximum absolute atomic E-state index is 13.2. The fourth-order valence-corrected chi connectivity index (χ4v) is 4.03. The van der Waals surface area contributed by atoms with E-state index in [2.05, 4.69) is 4.98 Å². The van der Waals surface area contributed by atoms with E-state index in [0.717, 1.165) is 40.5 Å². The molecule has 1 aromatic heterocycles. The lowest BCUT2D eigenvalue weighted by atomic mass is 10.1. The zero-order valence-corrected chi connectivity index (χ0v) is 17.0. The Bertz CT molecular complexity index is 1200. The predicted octanol–water partition coefficient (Wildman–Crippen LogP) is 5.45. The van der Waals surface area contributed by atoms with Crippen molar-refractivity contribution in [3.05, 3.63) is 62.4 Å². The van der Waals surface area contributed by atoms with Gasteiger partial charge in [0.1, 0.15) is 15.6 Å². The molecule has 0 aliphatic rings. The number of carboxylic acids is 1. The number of hydrogen-bond donors (Lipinski definition) is 4. The Kier molecular flexibility index (Phi) is 5.83. The van der Waals surface area contributed by atoms with Gasteiger partial charge in [-0.05, 0) is 48.6 Å². The van der Waals surface area contributed by atoms with Crippen LogP contribution < -0.4 is 4.90 Å². The van der Waals surface area contributed by atoms with Gasteiger partial charge in [-0.25, -0.2) is 4.79 Å². The van der Waals surface area contributed by atoms with Gasteiger partial charge >= 0.3 is 12.1 Å². The van der Waals surface area contributed by atoms with Crippen molar-refractivity contribution in [2.45, 2.75) is 6.18 Å². The first-order chi connectivity index (χ1) is 14.0. The molecule has 0 aliphatic heterocycles. The van der Waals surface area contributed by atoms with Gasteiger partial charge in [-0.2, -0.15) is 13.2 Å². The molecule has 0 saturated carbocycles. The summed E-state index contributed by atoms with van der Waals surface area (Å²) in [7, 11) is 0. The number of hydrogen-bond acceptors (Lipinski definition) is 6. The Labute approximate surface area is 181 Å². The molecule has 0 radical (unpaired) electrons. The third kappa shape index (κ3) is 4.30. The SMILES string of the molecule is O=C(O)c1ccc(N(C(=S)c2sc(=S)[nH]c2O)c2cccc(C(F)(F)F)c2)c(O)c1. The van der Waals surface area contributed by atoms with Crippen molar-refractivity contribution >= 4 is 58.1 Å². The van der Waals surface area contributed by atoms with Crippen LogP contribution in [-0.2, 0) is 6.18 Å². The van der Waals surface area contributed by atoms with Crippen LogP contribution in [0.3, 0.4) is 0 Å². The third-order valence-corrected chi connectivity index (χ3v) is 5.67. The van der Waals surface area contributed by atoms with Crippen molar-refractivity contribution in [3.63, 3.8) is 0 Å². The Morgan fingerprint density at radius 1 is 1.13 bits per heavy atom. The first-order valence-corrected chi connectivity index (χ1v) is 9.62. The zero-order valence-electron chi connectivity index (χ0n) is 14.6. The van der Waals surface area contributed by atoms with E-state index >= 15 is 0 Å². The number of nitrogens with one attached hydrogen (secondary N) is 1. The number of carbonyl (C=O) groups is 1. The summed E-state index contributed by atoms with van der Waals surface area (Å²) in [6, 6.07) is 7.49. The number of alkyl halides is 3. The second-order valence-electron chi connectivity index (χ2n) is 5.89. The molecule has 0 fully saturated rings. The summed E-state index contributed by atoms with van der Waals surface area (Å²) in [4.78, 5) is 14.6. The number of phenolic OH excluding ortho intramolecular Hbond substituents is 1. The number of thiocarbonyl (C=S) groups is 1. The number of aromatic amines is 1. The van der Waals surface area contributed by atoms with Crippen molar-refractivity contribution < 1.29 is 33.3 Å². The molecule has 12 heteroatoms. The molecule has 0 aliphatic carbocycles. The predicted molar refractivity (Wildman–Crippen MR) is 112 cm³/mol. The molecular weight excluding hydrogens is 461 g/mol. The quantitative estimate of drug-likeness (QED) is 0.375. The molecule has 0 amide bonds. The second-order valence-corrected chi connectivity index (χ2v) is 7.96. The highest BCUT2D eigenvalue weighted by Crippen LogP contribution is 2.40. The van der Waals surface area contributed by atoms with Crippen LogP contribution in [0.25, 0.3) is 0 Å². The number of benzene rings is 2. The maximum Gasteiger partial charge on any atom is 0.416 e. The van der Waals surface area contributed by atoms with Gasteiger partial charge in [0.25, 0.3) is 0 Å². The number of thiazole rings is 1. The number of rotatable bonds is 4. The van der Waals surface area contributed by atoms with Gasteiger partial charge in [0.15, 0.2) is 3.95 Å². The lowest BCUT2D eigenvalue weighted by Crippen LogP contribution is -2.25. The van der Waals surface area contributed by atoms with E-state index in [-0.39, 0.29) is 36.6 Å². The Morgan fingerprint density at radius 2 is 1.83 bits per heavy atom. The second kappa shape index (κ2) is 8.05. The molecular formula is C18H11F3N2O4S3. The summed E-state index contributed by atoms with van der Waals surface area (Å²) < 4.78 is 39.9. The van der Waals surface area contributed by atoms with Crippen LogP contribution in [0.5, 0.6) is 11.6 Å². The topological polar surface area (TPSA) is 96.8 Å². The fourth-order valence-electron chi connectivity index (χ4n) is 2.60. The summed E-state index contributed by atoms with van der Waals surface area (Å²) in [6.07, 6.45) is -4.63. The molecule has 0 unspecified atom stereocenters. The summed E-state index contributed by atoms with van der Waals surface area (Å²) in [6.45, 7) is 0. The van der Waals surface area contributed by atoms with Crippen molar-refractivity contribution in [3.8, 4) is 11.6 Å². The van der Waals surface area contributed by atoms with E-state index in [0.29, 0.717) is 0 Å². The van der Waals surface area contributed by atoms with Gasteiger partial charge in [-0.1, -0.05) is 29.6 Å². The molecule has 0 bridgehead atoms. The summed E-state index contributed by atoms with van der Waals surface area (Å²) in [5.41, 5.74) is -1.33. The number of aromatic carboxylic acids is 1. The number of phenols is 1. The number of aromatic hydroxyl groups is 2. The van der Waals surface area contributed by atoms with Gasteiger partial charge in [0.2, 0.25) is 5.88 Å². The normalized spacial score (nSPS) is 11.3. The van der Waals surface area contributed by atoms with Crippen LogP contribution in [0, 0.1) is 3.95 Å². The molecule has 0 atom stereocenters. The number of aromatic nitrogens is 1. The molecule has 0 saturated heterocycles. The summed E-state index contributed by atoms with van der Waals surface area (Å²) in [5, 5.41) is 29.6. The summed E-state index contributed by atoms with van der Waals surface area (Å²) in [5.74, 6) is -2.21. The molecule has 156 valence electrons. The monoisotopic (exact) mass is 472 g/mol. The van der Waals surface area contributed by atoms with Gasteiger partial charge in [-0.3, -0.25) is 4.90 Å². The smallest absolute Gasteiger partial charge is 0.416 e. The van der Waals surface area contributed by atoms with Gasteiger partial charge in [0, 0.05) is 5.69 Å². The van der Waals surface area contributed by atoms with E-state index in [4.69, 9.17) is 29.5 Å². The standard InChI is InChI=1S/C18H11F3N2O4S3/c19-18(20,21)9-2-1-3-10(7-9)23(15(28)13-14(25)22-17(29)30-13)11-5-4-8(16(26)27)6-12(11)24/h1-7,24-25H,(H,22,29)(H,26,27). The first-order valence-electron chi connectivity index (χ1n) is 7.99. The van der Waals surface area contributed by atoms with E-state index in [1.54, 1.807) is 0 Å². The summed E-state index contributed by atoms with van der Waals surface area (Å²) >= 11 is 11.2. The molecule has 1 heterocycles. The van der Waals surface area contributed by atoms with Crippen LogP contribution in [0.1, 0.15) is 20.8 Å². The largest absolute Gasteiger partial charge is 0.506 e. The van der Waals surface area contributed by atoms with E-state index in [1.807, 2.05) is 0 Å². The van der Waals surface area contributed by atoms with Crippen molar-refractivity contribution in [2.75, 3.05) is 4.90 Å². The van der Waals surface area contributed by atoms with Gasteiger partial charge < -0.3 is 20.3 Å². The lowest BCUT2D eigenvalue weighted by molar-refractivity contribution is -0.137. The average Bonchev–Trinajstić information content (AvgIpc) is 3.00. The number of H-pyrrole nitrogens is 1. The van der Waals surface area contributed by atoms with Crippen LogP contribution in [0.2, 0.25) is 0 Å². The van der Waals surface area contributed by atoms with Crippen LogP contribution in [-0.4, -0.2) is 31.3 Å². The van der Waals surface area contributed by atoms with Crippen molar-refractivity contribution in [1.29, 1.82) is 0 Å². The van der Waals surface area contributed by atoms with Gasteiger partial charge in [0.05, 0.1) is 16.8 Å². The van der Waals surface area contributed by atoms with Crippen LogP contribution in [0.4, 0.5) is 24.5 Å². The highest BCUT2D eigenvalue weighted by atomic mass is 32.1. The molecule has 6 nitrogen and oxygen atoms in total. The number of halogens is 3. The fraction of sp³-hybridized carbons (Fsp3) is 0.0556. The number of nitrogens with zero attached hydrogens (tertiary/aromatic N) is 1. The Hall–Kier alpha value is -2.96. The van der Waals surface area contributed by atoms with Crippen LogP contribution in [0.15, 0.2) is 42.5 Å². The van der Waals surface area contributed by atoms with Crippen molar-refractivity contribution in [1.82, 2.24) is 4.98 Å². The molecule has 3 aromatic rings. The Morgan fingerprint density at radius 3 is 2.37 bits per heavy atom. The average molecular weight is 472 g/mol. The highest BCUT2D eigenvalue weighted by molar-refractivity contribution is 7.81. The lowest BCUT2D eigenvalue weighted by Gasteiger charge is -2.26. The maximum atomic E-state index is 13.2. The third-order valence-electron chi connectivity index (χ3n) is 3.92. The molecule has 30 heavy (non-hydrogen) atoms. The zero-order chi connectivity index (χ0) is 22.2. The van der Waals surface area contributed by atoms with E-state index in [1.165, 1.54) is 18.2 Å². The van der Waals surface area contributed by atoms with Gasteiger partial charge in [-0.15, -0.1) is 0 Å².